The topological polar surface area (TPSA) is 46.5 Å². The van der Waals surface area contributed by atoms with E-state index in [2.05, 4.69) is 20.7 Å². The Morgan fingerprint density at radius 1 is 1.38 bits per heavy atom. The molecule has 0 fully saturated rings. The van der Waals surface area contributed by atoms with Crippen LogP contribution in [-0.4, -0.2) is 17.4 Å². The standard InChI is InChI=1S/C8H3BrF4O3/c9-3-1-2-4(16-8(11,12)13)6(10)5(3)7(14)15/h1-2H,(H,14,15). The Labute approximate surface area is 94.8 Å². The van der Waals surface area contributed by atoms with Gasteiger partial charge in [-0.05, 0) is 28.1 Å². The molecule has 0 aliphatic rings. The van der Waals surface area contributed by atoms with E-state index in [0.717, 1.165) is 6.07 Å². The number of aromatic carboxylic acids is 1. The van der Waals surface area contributed by atoms with Crippen LogP contribution in [0.1, 0.15) is 10.4 Å². The lowest BCUT2D eigenvalue weighted by Crippen LogP contribution is -2.19. The molecule has 0 saturated heterocycles. The third kappa shape index (κ3) is 2.84. The van der Waals surface area contributed by atoms with Gasteiger partial charge in [0, 0.05) is 4.47 Å². The maximum absolute atomic E-state index is 13.3. The highest BCUT2D eigenvalue weighted by Gasteiger charge is 2.33. The van der Waals surface area contributed by atoms with Crippen LogP contribution >= 0.6 is 15.9 Å². The van der Waals surface area contributed by atoms with Crippen molar-refractivity contribution in [2.24, 2.45) is 0 Å². The van der Waals surface area contributed by atoms with Crippen molar-refractivity contribution in [3.8, 4) is 5.75 Å². The molecule has 1 rings (SSSR count). The van der Waals surface area contributed by atoms with Crippen molar-refractivity contribution in [1.82, 2.24) is 0 Å². The Kier molecular flexibility index (Phi) is 3.41. The van der Waals surface area contributed by atoms with Gasteiger partial charge in [-0.3, -0.25) is 0 Å². The number of carbonyl (C=O) groups is 1. The van der Waals surface area contributed by atoms with Crippen molar-refractivity contribution in [1.29, 1.82) is 0 Å². The Balaban J connectivity index is 3.24. The van der Waals surface area contributed by atoms with Gasteiger partial charge < -0.3 is 9.84 Å². The first kappa shape index (κ1) is 12.8. The third-order valence-corrected chi connectivity index (χ3v) is 2.16. The van der Waals surface area contributed by atoms with Crippen LogP contribution < -0.4 is 4.74 Å². The van der Waals surface area contributed by atoms with Gasteiger partial charge in [-0.1, -0.05) is 0 Å². The van der Waals surface area contributed by atoms with E-state index in [1.54, 1.807) is 0 Å². The maximum atomic E-state index is 13.3. The average molecular weight is 303 g/mol. The minimum absolute atomic E-state index is 0.174. The Morgan fingerprint density at radius 2 is 1.94 bits per heavy atom. The summed E-state index contributed by atoms with van der Waals surface area (Å²) in [4.78, 5) is 10.6. The number of benzene rings is 1. The predicted octanol–water partition coefficient (Wildman–Crippen LogP) is 3.18. The molecule has 1 aromatic rings. The van der Waals surface area contributed by atoms with Crippen molar-refractivity contribution in [2.75, 3.05) is 0 Å². The normalized spacial score (nSPS) is 11.3. The molecule has 0 unspecified atom stereocenters. The summed E-state index contributed by atoms with van der Waals surface area (Å²) in [5, 5.41) is 8.56. The molecule has 0 aliphatic heterocycles. The molecule has 0 aliphatic carbocycles. The number of carboxylic acids is 1. The molecule has 0 spiro atoms. The monoisotopic (exact) mass is 302 g/mol. The summed E-state index contributed by atoms with van der Waals surface area (Å²) in [7, 11) is 0. The minimum Gasteiger partial charge on any atom is -0.478 e. The third-order valence-electron chi connectivity index (χ3n) is 1.50. The van der Waals surface area contributed by atoms with Crippen molar-refractivity contribution < 1.29 is 32.2 Å². The number of carboxylic acid groups (broad SMARTS) is 1. The first-order chi connectivity index (χ1) is 7.22. The van der Waals surface area contributed by atoms with E-state index >= 15 is 0 Å². The van der Waals surface area contributed by atoms with E-state index in [-0.39, 0.29) is 4.47 Å². The SMILES string of the molecule is O=C(O)c1c(Br)ccc(OC(F)(F)F)c1F. The molecule has 1 aromatic carbocycles. The van der Waals surface area contributed by atoms with Crippen LogP contribution in [0.25, 0.3) is 0 Å². The van der Waals surface area contributed by atoms with Crippen molar-refractivity contribution >= 4 is 21.9 Å². The molecule has 8 heteroatoms. The summed E-state index contributed by atoms with van der Waals surface area (Å²) in [6, 6.07) is 1.63. The average Bonchev–Trinajstić information content (AvgIpc) is 2.07. The van der Waals surface area contributed by atoms with Gasteiger partial charge >= 0.3 is 12.3 Å². The number of rotatable bonds is 2. The van der Waals surface area contributed by atoms with Gasteiger partial charge in [-0.2, -0.15) is 0 Å². The lowest BCUT2D eigenvalue weighted by atomic mass is 10.2. The first-order valence-corrected chi connectivity index (χ1v) is 4.48. The summed E-state index contributed by atoms with van der Waals surface area (Å²) in [5.41, 5.74) is -0.915. The molecular weight excluding hydrogens is 300 g/mol. The van der Waals surface area contributed by atoms with Crippen LogP contribution in [0.3, 0.4) is 0 Å². The molecule has 0 amide bonds. The number of hydrogen-bond acceptors (Lipinski definition) is 2. The molecule has 0 saturated carbocycles. The second kappa shape index (κ2) is 4.28. The summed E-state index contributed by atoms with van der Waals surface area (Å²) in [6.07, 6.45) is -5.08. The van der Waals surface area contributed by atoms with Crippen molar-refractivity contribution in [3.05, 3.63) is 28.0 Å². The molecule has 3 nitrogen and oxygen atoms in total. The van der Waals surface area contributed by atoms with Crippen LogP contribution in [0.2, 0.25) is 0 Å². The summed E-state index contributed by atoms with van der Waals surface area (Å²) < 4.78 is 51.8. The Hall–Kier alpha value is -1.31. The highest BCUT2D eigenvalue weighted by molar-refractivity contribution is 9.10. The van der Waals surface area contributed by atoms with Crippen LogP contribution in [0.15, 0.2) is 16.6 Å². The molecule has 1 N–H and O–H groups in total. The Morgan fingerprint density at radius 3 is 2.38 bits per heavy atom. The molecule has 0 radical (unpaired) electrons. The molecule has 0 aromatic heterocycles. The molecule has 0 atom stereocenters. The number of hydrogen-bond donors (Lipinski definition) is 1. The van der Waals surface area contributed by atoms with Crippen molar-refractivity contribution in [2.45, 2.75) is 6.36 Å². The van der Waals surface area contributed by atoms with Crippen LogP contribution in [0, 0.1) is 5.82 Å². The van der Waals surface area contributed by atoms with Gasteiger partial charge in [0.2, 0.25) is 0 Å². The number of ether oxygens (including phenoxy) is 1. The maximum Gasteiger partial charge on any atom is 0.573 e. The fourth-order valence-electron chi connectivity index (χ4n) is 0.933. The van der Waals surface area contributed by atoms with Crippen LogP contribution in [-0.2, 0) is 0 Å². The minimum atomic E-state index is -5.08. The summed E-state index contributed by atoms with van der Waals surface area (Å²) >= 11 is 2.70. The molecule has 0 heterocycles. The molecule has 0 bridgehead atoms. The smallest absolute Gasteiger partial charge is 0.478 e. The summed E-state index contributed by atoms with van der Waals surface area (Å²) in [5.74, 6) is -4.47. The van der Waals surface area contributed by atoms with Gasteiger partial charge in [0.05, 0.1) is 0 Å². The molecule has 16 heavy (non-hydrogen) atoms. The molecule has 88 valence electrons. The quantitative estimate of drug-likeness (QED) is 0.854. The number of halogens is 5. The zero-order valence-electron chi connectivity index (χ0n) is 7.31. The van der Waals surface area contributed by atoms with Crippen LogP contribution in [0.4, 0.5) is 17.6 Å². The Bertz CT molecular complexity index is 430. The zero-order valence-corrected chi connectivity index (χ0v) is 8.89. The van der Waals surface area contributed by atoms with Gasteiger partial charge in [-0.25, -0.2) is 9.18 Å². The summed E-state index contributed by atoms with van der Waals surface area (Å²) in [6.45, 7) is 0. The second-order valence-electron chi connectivity index (χ2n) is 2.59. The lowest BCUT2D eigenvalue weighted by molar-refractivity contribution is -0.275. The fraction of sp³-hybridized carbons (Fsp3) is 0.125. The van der Waals surface area contributed by atoms with Gasteiger partial charge in [-0.15, -0.1) is 13.2 Å². The van der Waals surface area contributed by atoms with E-state index in [1.807, 2.05) is 0 Å². The van der Waals surface area contributed by atoms with E-state index < -0.39 is 29.5 Å². The van der Waals surface area contributed by atoms with Gasteiger partial charge in [0.15, 0.2) is 11.6 Å². The van der Waals surface area contributed by atoms with E-state index in [9.17, 15) is 22.4 Å². The predicted molar refractivity (Wildman–Crippen MR) is 47.7 cm³/mol. The number of alkyl halides is 3. The zero-order chi connectivity index (χ0) is 12.5. The van der Waals surface area contributed by atoms with Crippen molar-refractivity contribution in [3.63, 3.8) is 0 Å². The van der Waals surface area contributed by atoms with Crippen LogP contribution in [0.5, 0.6) is 5.75 Å². The van der Waals surface area contributed by atoms with Gasteiger partial charge in [0.1, 0.15) is 5.56 Å². The highest BCUT2D eigenvalue weighted by Crippen LogP contribution is 2.31. The van der Waals surface area contributed by atoms with E-state index in [0.29, 0.717) is 6.07 Å². The lowest BCUT2D eigenvalue weighted by Gasteiger charge is -2.11. The van der Waals surface area contributed by atoms with E-state index in [1.165, 1.54) is 0 Å². The van der Waals surface area contributed by atoms with Gasteiger partial charge in [0.25, 0.3) is 0 Å². The fourth-order valence-corrected chi connectivity index (χ4v) is 1.41. The van der Waals surface area contributed by atoms with E-state index in [4.69, 9.17) is 5.11 Å². The highest BCUT2D eigenvalue weighted by atomic mass is 79.9. The second-order valence-corrected chi connectivity index (χ2v) is 3.44. The molecular formula is C8H3BrF4O3. The largest absolute Gasteiger partial charge is 0.573 e. The first-order valence-electron chi connectivity index (χ1n) is 3.69.